The normalized spacial score (nSPS) is 9.96. The molecule has 0 heterocycles. The standard InChI is InChI=1S/C18H18N2O5/c1-25-18(24)14-11-13(7-8-15(14)21)20-17(23)16(22)19-10-9-12-5-3-2-4-6-12/h2-8,11,21H,9-10H2,1H3,(H,19,22)(H,20,23). The van der Waals surface area contributed by atoms with Crippen LogP contribution in [0.3, 0.4) is 0 Å². The molecule has 7 heteroatoms. The Morgan fingerprint density at radius 1 is 1.04 bits per heavy atom. The number of carbonyl (C=O) groups excluding carboxylic acids is 3. The molecule has 0 spiro atoms. The first-order valence-electron chi connectivity index (χ1n) is 7.55. The molecule has 0 bridgehead atoms. The van der Waals surface area contributed by atoms with Gasteiger partial charge in [0.1, 0.15) is 11.3 Å². The van der Waals surface area contributed by atoms with Crippen molar-refractivity contribution in [3.63, 3.8) is 0 Å². The summed E-state index contributed by atoms with van der Waals surface area (Å²) in [4.78, 5) is 35.2. The van der Waals surface area contributed by atoms with E-state index in [1.54, 1.807) is 0 Å². The van der Waals surface area contributed by atoms with Crippen LogP contribution in [0.4, 0.5) is 5.69 Å². The van der Waals surface area contributed by atoms with Crippen LogP contribution >= 0.6 is 0 Å². The second kappa shape index (κ2) is 8.49. The third kappa shape index (κ3) is 5.07. The summed E-state index contributed by atoms with van der Waals surface area (Å²) in [5.41, 5.74) is 1.13. The van der Waals surface area contributed by atoms with E-state index in [1.807, 2.05) is 30.3 Å². The van der Waals surface area contributed by atoms with E-state index in [4.69, 9.17) is 0 Å². The number of rotatable bonds is 5. The number of amides is 2. The number of nitrogens with one attached hydrogen (secondary N) is 2. The fourth-order valence-corrected chi connectivity index (χ4v) is 2.12. The highest BCUT2D eigenvalue weighted by atomic mass is 16.5. The number of benzene rings is 2. The van der Waals surface area contributed by atoms with E-state index in [2.05, 4.69) is 15.4 Å². The molecule has 0 fully saturated rings. The number of phenols is 1. The van der Waals surface area contributed by atoms with Crippen LogP contribution in [0.15, 0.2) is 48.5 Å². The Kier molecular flexibility index (Phi) is 6.11. The van der Waals surface area contributed by atoms with Crippen molar-refractivity contribution < 1.29 is 24.2 Å². The van der Waals surface area contributed by atoms with Crippen molar-refractivity contribution in [1.82, 2.24) is 5.32 Å². The molecule has 3 N–H and O–H groups in total. The summed E-state index contributed by atoms with van der Waals surface area (Å²) in [5, 5.41) is 14.5. The van der Waals surface area contributed by atoms with Crippen molar-refractivity contribution in [2.45, 2.75) is 6.42 Å². The molecule has 0 aromatic heterocycles. The summed E-state index contributed by atoms with van der Waals surface area (Å²) < 4.78 is 4.53. The third-order valence-corrected chi connectivity index (χ3v) is 3.41. The first kappa shape index (κ1) is 18.0. The van der Waals surface area contributed by atoms with Crippen LogP contribution in [0, 0.1) is 0 Å². The van der Waals surface area contributed by atoms with Crippen LogP contribution in [0.1, 0.15) is 15.9 Å². The first-order valence-corrected chi connectivity index (χ1v) is 7.55. The number of ether oxygens (including phenoxy) is 1. The highest BCUT2D eigenvalue weighted by Gasteiger charge is 2.16. The molecule has 2 rings (SSSR count). The van der Waals surface area contributed by atoms with Crippen LogP contribution < -0.4 is 10.6 Å². The molecule has 0 radical (unpaired) electrons. The lowest BCUT2D eigenvalue weighted by molar-refractivity contribution is -0.136. The molecule has 2 amide bonds. The minimum absolute atomic E-state index is 0.107. The van der Waals surface area contributed by atoms with Gasteiger partial charge in [-0.05, 0) is 30.2 Å². The van der Waals surface area contributed by atoms with Gasteiger partial charge >= 0.3 is 17.8 Å². The average molecular weight is 342 g/mol. The Balaban J connectivity index is 1.90. The number of methoxy groups -OCH3 is 1. The van der Waals surface area contributed by atoms with Gasteiger partial charge in [-0.25, -0.2) is 4.79 Å². The van der Waals surface area contributed by atoms with Crippen LogP contribution in [0.25, 0.3) is 0 Å². The minimum Gasteiger partial charge on any atom is -0.507 e. The van der Waals surface area contributed by atoms with E-state index < -0.39 is 17.8 Å². The zero-order valence-electron chi connectivity index (χ0n) is 13.6. The Bertz CT molecular complexity index is 774. The maximum absolute atomic E-state index is 11.9. The van der Waals surface area contributed by atoms with Crippen molar-refractivity contribution in [2.75, 3.05) is 19.0 Å². The molecule has 2 aromatic rings. The highest BCUT2D eigenvalue weighted by Crippen LogP contribution is 2.22. The van der Waals surface area contributed by atoms with Gasteiger partial charge in [-0.15, -0.1) is 0 Å². The van der Waals surface area contributed by atoms with Crippen LogP contribution in [-0.4, -0.2) is 36.5 Å². The van der Waals surface area contributed by atoms with E-state index in [0.29, 0.717) is 13.0 Å². The maximum atomic E-state index is 11.9. The number of carbonyl (C=O) groups is 3. The van der Waals surface area contributed by atoms with Crippen molar-refractivity contribution in [1.29, 1.82) is 0 Å². The number of hydrogen-bond acceptors (Lipinski definition) is 5. The van der Waals surface area contributed by atoms with E-state index >= 15 is 0 Å². The van der Waals surface area contributed by atoms with Gasteiger partial charge in [0.05, 0.1) is 7.11 Å². The molecule has 2 aromatic carbocycles. The molecule has 0 aliphatic rings. The van der Waals surface area contributed by atoms with Gasteiger partial charge in [-0.2, -0.15) is 0 Å². The lowest BCUT2D eigenvalue weighted by Crippen LogP contribution is -2.36. The number of anilines is 1. The van der Waals surface area contributed by atoms with Crippen LogP contribution in [0.2, 0.25) is 0 Å². The topological polar surface area (TPSA) is 105 Å². The number of hydrogen-bond donors (Lipinski definition) is 3. The number of aromatic hydroxyl groups is 1. The fourth-order valence-electron chi connectivity index (χ4n) is 2.12. The Labute approximate surface area is 144 Å². The Morgan fingerprint density at radius 3 is 2.44 bits per heavy atom. The Hall–Kier alpha value is -3.35. The SMILES string of the molecule is COC(=O)c1cc(NC(=O)C(=O)NCCc2ccccc2)ccc1O. The van der Waals surface area contributed by atoms with Crippen molar-refractivity contribution in [3.8, 4) is 5.75 Å². The third-order valence-electron chi connectivity index (χ3n) is 3.41. The zero-order chi connectivity index (χ0) is 18.2. The van der Waals surface area contributed by atoms with E-state index in [-0.39, 0.29) is 17.0 Å². The summed E-state index contributed by atoms with van der Waals surface area (Å²) in [7, 11) is 1.17. The lowest BCUT2D eigenvalue weighted by atomic mass is 10.1. The molecule has 25 heavy (non-hydrogen) atoms. The summed E-state index contributed by atoms with van der Waals surface area (Å²) in [5.74, 6) is -2.68. The summed E-state index contributed by atoms with van der Waals surface area (Å²) in [6, 6.07) is 13.4. The molecule has 0 aliphatic heterocycles. The minimum atomic E-state index is -0.866. The zero-order valence-corrected chi connectivity index (χ0v) is 13.6. The van der Waals surface area contributed by atoms with Gasteiger partial charge in [-0.3, -0.25) is 9.59 Å². The summed E-state index contributed by atoms with van der Waals surface area (Å²) in [6.45, 7) is 0.319. The molecule has 0 unspecified atom stereocenters. The fraction of sp³-hybridized carbons (Fsp3) is 0.167. The van der Waals surface area contributed by atoms with Crippen LogP contribution in [-0.2, 0) is 20.7 Å². The molecule has 0 saturated carbocycles. The molecule has 0 saturated heterocycles. The average Bonchev–Trinajstić information content (AvgIpc) is 2.63. The molecular formula is C18H18N2O5. The highest BCUT2D eigenvalue weighted by molar-refractivity contribution is 6.39. The molecule has 130 valence electrons. The van der Waals surface area contributed by atoms with Crippen molar-refractivity contribution >= 4 is 23.5 Å². The van der Waals surface area contributed by atoms with E-state index in [9.17, 15) is 19.5 Å². The predicted molar refractivity (Wildman–Crippen MR) is 91.2 cm³/mol. The van der Waals surface area contributed by atoms with E-state index in [0.717, 1.165) is 5.56 Å². The van der Waals surface area contributed by atoms with Gasteiger partial charge in [0.15, 0.2) is 0 Å². The van der Waals surface area contributed by atoms with Gasteiger partial charge in [-0.1, -0.05) is 30.3 Å². The van der Waals surface area contributed by atoms with Gasteiger partial charge in [0.2, 0.25) is 0 Å². The van der Waals surface area contributed by atoms with Gasteiger partial charge < -0.3 is 20.5 Å². The predicted octanol–water partition coefficient (Wildman–Crippen LogP) is 1.48. The van der Waals surface area contributed by atoms with Crippen molar-refractivity contribution in [3.05, 3.63) is 59.7 Å². The Morgan fingerprint density at radius 2 is 1.76 bits per heavy atom. The number of esters is 1. The molecular weight excluding hydrogens is 324 g/mol. The summed E-state index contributed by atoms with van der Waals surface area (Å²) in [6.07, 6.45) is 0.603. The smallest absolute Gasteiger partial charge is 0.341 e. The van der Waals surface area contributed by atoms with Crippen LogP contribution in [0.5, 0.6) is 5.75 Å². The lowest BCUT2D eigenvalue weighted by Gasteiger charge is -2.09. The first-order chi connectivity index (χ1) is 12.0. The van der Waals surface area contributed by atoms with Gasteiger partial charge in [0.25, 0.3) is 0 Å². The molecule has 7 nitrogen and oxygen atoms in total. The molecule has 0 aliphatic carbocycles. The molecule has 0 atom stereocenters. The largest absolute Gasteiger partial charge is 0.507 e. The van der Waals surface area contributed by atoms with E-state index in [1.165, 1.54) is 25.3 Å². The number of phenolic OH excluding ortho intramolecular Hbond substituents is 1. The quantitative estimate of drug-likeness (QED) is 0.434. The monoisotopic (exact) mass is 342 g/mol. The second-order valence-corrected chi connectivity index (χ2v) is 5.17. The van der Waals surface area contributed by atoms with Crippen molar-refractivity contribution in [2.24, 2.45) is 0 Å². The maximum Gasteiger partial charge on any atom is 0.341 e. The summed E-state index contributed by atoms with van der Waals surface area (Å²) >= 11 is 0. The van der Waals surface area contributed by atoms with Gasteiger partial charge in [0, 0.05) is 12.2 Å². The second-order valence-electron chi connectivity index (χ2n) is 5.17.